The van der Waals surface area contributed by atoms with Gasteiger partial charge in [0.1, 0.15) is 5.69 Å². The molecule has 7 heteroatoms. The summed E-state index contributed by atoms with van der Waals surface area (Å²) in [5, 5.41) is 9.65. The van der Waals surface area contributed by atoms with E-state index in [1.165, 1.54) is 12.8 Å². The number of nitrogens with zero attached hydrogens (tertiary/aromatic N) is 5. The summed E-state index contributed by atoms with van der Waals surface area (Å²) >= 11 is 0. The standard InChI is InChI=1S/C23H31N5O2/c1-23(2)16-28(18-11-7-8-12-18)20-19(26(3)21(23)30)15-24-22(25-20)27(13-14-29)17-9-5-4-6-10-17/h4-6,9-10,15,18,29H,7-8,11-14,16H2,1-3H3. The Kier molecular flexibility index (Phi) is 5.64. The van der Waals surface area contributed by atoms with Gasteiger partial charge in [0.25, 0.3) is 0 Å². The molecule has 0 saturated heterocycles. The van der Waals surface area contributed by atoms with E-state index in [1.807, 2.05) is 56.1 Å². The Morgan fingerprint density at radius 3 is 2.57 bits per heavy atom. The Hall–Kier alpha value is -2.67. The van der Waals surface area contributed by atoms with E-state index < -0.39 is 5.41 Å². The highest BCUT2D eigenvalue weighted by atomic mass is 16.3. The second kappa shape index (κ2) is 8.22. The van der Waals surface area contributed by atoms with Gasteiger partial charge in [0.2, 0.25) is 11.9 Å². The minimum atomic E-state index is -0.511. The van der Waals surface area contributed by atoms with Crippen LogP contribution in [0.1, 0.15) is 39.5 Å². The molecule has 1 N–H and O–H groups in total. The second-order valence-electron chi connectivity index (χ2n) is 8.90. The minimum absolute atomic E-state index is 0.00685. The average molecular weight is 410 g/mol. The lowest BCUT2D eigenvalue weighted by molar-refractivity contribution is -0.125. The third-order valence-electron chi connectivity index (χ3n) is 6.22. The van der Waals surface area contributed by atoms with Gasteiger partial charge in [-0.05, 0) is 38.8 Å². The van der Waals surface area contributed by atoms with Crippen molar-refractivity contribution in [2.24, 2.45) is 5.41 Å². The van der Waals surface area contributed by atoms with Crippen molar-refractivity contribution in [2.75, 3.05) is 41.4 Å². The van der Waals surface area contributed by atoms with E-state index in [0.29, 0.717) is 25.1 Å². The number of benzene rings is 1. The molecular weight excluding hydrogens is 378 g/mol. The molecule has 1 aromatic heterocycles. The fraction of sp³-hybridized carbons (Fsp3) is 0.522. The summed E-state index contributed by atoms with van der Waals surface area (Å²) in [5.41, 5.74) is 1.16. The second-order valence-corrected chi connectivity index (χ2v) is 8.90. The van der Waals surface area contributed by atoms with E-state index in [2.05, 4.69) is 9.88 Å². The molecule has 0 spiro atoms. The number of aromatic nitrogens is 2. The maximum absolute atomic E-state index is 13.1. The van der Waals surface area contributed by atoms with Gasteiger partial charge in [-0.1, -0.05) is 31.0 Å². The Balaban J connectivity index is 1.82. The molecule has 1 aliphatic heterocycles. The Morgan fingerprint density at radius 1 is 1.20 bits per heavy atom. The van der Waals surface area contributed by atoms with Gasteiger partial charge in [0, 0.05) is 31.9 Å². The molecular formula is C23H31N5O2. The number of fused-ring (bicyclic) bond motifs is 1. The Morgan fingerprint density at radius 2 is 1.90 bits per heavy atom. The summed E-state index contributed by atoms with van der Waals surface area (Å²) in [4.78, 5) is 28.7. The lowest BCUT2D eigenvalue weighted by Gasteiger charge is -2.34. The fourth-order valence-corrected chi connectivity index (χ4v) is 4.64. The number of anilines is 4. The zero-order valence-electron chi connectivity index (χ0n) is 18.1. The molecule has 2 aromatic rings. The van der Waals surface area contributed by atoms with Crippen LogP contribution in [0.4, 0.5) is 23.1 Å². The predicted octanol–water partition coefficient (Wildman–Crippen LogP) is 3.36. The van der Waals surface area contributed by atoms with Crippen molar-refractivity contribution in [1.82, 2.24) is 9.97 Å². The lowest BCUT2D eigenvalue weighted by Crippen LogP contribution is -2.45. The molecule has 2 heterocycles. The van der Waals surface area contributed by atoms with Gasteiger partial charge in [0.15, 0.2) is 5.82 Å². The van der Waals surface area contributed by atoms with Crippen molar-refractivity contribution in [1.29, 1.82) is 0 Å². The fourth-order valence-electron chi connectivity index (χ4n) is 4.64. The molecule has 4 rings (SSSR count). The monoisotopic (exact) mass is 409 g/mol. The molecule has 7 nitrogen and oxygen atoms in total. The minimum Gasteiger partial charge on any atom is -0.395 e. The maximum Gasteiger partial charge on any atom is 0.234 e. The van der Waals surface area contributed by atoms with Crippen molar-refractivity contribution < 1.29 is 9.90 Å². The number of carbonyl (C=O) groups is 1. The van der Waals surface area contributed by atoms with Gasteiger partial charge in [0.05, 0.1) is 18.2 Å². The number of amides is 1. The van der Waals surface area contributed by atoms with Crippen LogP contribution in [-0.4, -0.2) is 53.8 Å². The first-order valence-corrected chi connectivity index (χ1v) is 10.8. The van der Waals surface area contributed by atoms with Crippen LogP contribution in [-0.2, 0) is 4.79 Å². The van der Waals surface area contributed by atoms with E-state index >= 15 is 0 Å². The topological polar surface area (TPSA) is 72.8 Å². The first-order chi connectivity index (χ1) is 14.4. The summed E-state index contributed by atoms with van der Waals surface area (Å²) in [5.74, 6) is 1.43. The molecule has 0 bridgehead atoms. The Bertz CT molecular complexity index is 896. The molecule has 0 unspecified atom stereocenters. The first kappa shape index (κ1) is 20.6. The van der Waals surface area contributed by atoms with Crippen LogP contribution in [0, 0.1) is 5.41 Å². The maximum atomic E-state index is 13.1. The summed E-state index contributed by atoms with van der Waals surface area (Å²) in [6, 6.07) is 10.2. The number of carbonyl (C=O) groups excluding carboxylic acids is 1. The average Bonchev–Trinajstić information content (AvgIpc) is 3.27. The number of aliphatic hydroxyl groups is 1. The molecule has 1 aromatic carbocycles. The number of rotatable bonds is 5. The number of para-hydroxylation sites is 1. The molecule has 30 heavy (non-hydrogen) atoms. The van der Waals surface area contributed by atoms with E-state index in [0.717, 1.165) is 30.0 Å². The van der Waals surface area contributed by atoms with Crippen LogP contribution in [0.15, 0.2) is 36.5 Å². The highest BCUT2D eigenvalue weighted by Crippen LogP contribution is 2.40. The van der Waals surface area contributed by atoms with Gasteiger partial charge < -0.3 is 19.8 Å². The normalized spacial score (nSPS) is 19.0. The third kappa shape index (κ3) is 3.74. The van der Waals surface area contributed by atoms with E-state index in [4.69, 9.17) is 4.98 Å². The molecule has 160 valence electrons. The summed E-state index contributed by atoms with van der Waals surface area (Å²) in [6.45, 7) is 5.04. The van der Waals surface area contributed by atoms with Gasteiger partial charge in [-0.3, -0.25) is 4.79 Å². The molecule has 1 saturated carbocycles. The van der Waals surface area contributed by atoms with Crippen molar-refractivity contribution in [3.8, 4) is 0 Å². The van der Waals surface area contributed by atoms with Crippen molar-refractivity contribution in [2.45, 2.75) is 45.6 Å². The van der Waals surface area contributed by atoms with E-state index in [-0.39, 0.29) is 12.5 Å². The van der Waals surface area contributed by atoms with Gasteiger partial charge in [-0.15, -0.1) is 0 Å². The summed E-state index contributed by atoms with van der Waals surface area (Å²) in [7, 11) is 1.81. The summed E-state index contributed by atoms with van der Waals surface area (Å²) in [6.07, 6.45) is 6.41. The zero-order valence-corrected chi connectivity index (χ0v) is 18.1. The quantitative estimate of drug-likeness (QED) is 0.816. The predicted molar refractivity (Wildman–Crippen MR) is 119 cm³/mol. The van der Waals surface area contributed by atoms with Crippen LogP contribution in [0.25, 0.3) is 0 Å². The van der Waals surface area contributed by atoms with Crippen LogP contribution >= 0.6 is 0 Å². The number of hydrogen-bond acceptors (Lipinski definition) is 6. The molecule has 0 atom stereocenters. The van der Waals surface area contributed by atoms with E-state index in [1.54, 1.807) is 11.1 Å². The lowest BCUT2D eigenvalue weighted by atomic mass is 9.91. The van der Waals surface area contributed by atoms with Gasteiger partial charge >= 0.3 is 0 Å². The van der Waals surface area contributed by atoms with Crippen LogP contribution in [0.3, 0.4) is 0 Å². The molecule has 0 radical (unpaired) electrons. The van der Waals surface area contributed by atoms with Crippen molar-refractivity contribution >= 4 is 29.0 Å². The summed E-state index contributed by atoms with van der Waals surface area (Å²) < 4.78 is 0. The SMILES string of the molecule is CN1C(=O)C(C)(C)CN(C2CCCC2)c2nc(N(CCO)c3ccccc3)ncc21. The molecule has 1 fully saturated rings. The van der Waals surface area contributed by atoms with Crippen LogP contribution in [0.5, 0.6) is 0 Å². The highest BCUT2D eigenvalue weighted by Gasteiger charge is 2.41. The van der Waals surface area contributed by atoms with Crippen LogP contribution < -0.4 is 14.7 Å². The smallest absolute Gasteiger partial charge is 0.234 e. The van der Waals surface area contributed by atoms with Crippen molar-refractivity contribution in [3.63, 3.8) is 0 Å². The van der Waals surface area contributed by atoms with Gasteiger partial charge in [-0.25, -0.2) is 4.98 Å². The third-order valence-corrected chi connectivity index (χ3v) is 6.22. The molecule has 1 amide bonds. The largest absolute Gasteiger partial charge is 0.395 e. The van der Waals surface area contributed by atoms with E-state index in [9.17, 15) is 9.90 Å². The van der Waals surface area contributed by atoms with Gasteiger partial charge in [-0.2, -0.15) is 4.98 Å². The van der Waals surface area contributed by atoms with Crippen molar-refractivity contribution in [3.05, 3.63) is 36.5 Å². The van der Waals surface area contributed by atoms with Crippen LogP contribution in [0.2, 0.25) is 0 Å². The number of aliphatic hydroxyl groups excluding tert-OH is 1. The molecule has 2 aliphatic rings. The molecule has 1 aliphatic carbocycles. The highest BCUT2D eigenvalue weighted by molar-refractivity contribution is 6.00. The Labute approximate surface area is 178 Å². The number of hydrogen-bond donors (Lipinski definition) is 1. The zero-order chi connectivity index (χ0) is 21.3. The first-order valence-electron chi connectivity index (χ1n) is 10.8.